The maximum Gasteiger partial charge on any atom is 0.488 e. The van der Waals surface area contributed by atoms with Crippen molar-refractivity contribution in [1.82, 2.24) is 30.6 Å². The first kappa shape index (κ1) is 35.0. The highest BCUT2D eigenvalue weighted by Gasteiger charge is 2.23. The lowest BCUT2D eigenvalue weighted by Gasteiger charge is -2.20. The number of nitrogens with two attached hydrogens (primary N) is 1. The van der Waals surface area contributed by atoms with Gasteiger partial charge in [0.1, 0.15) is 6.04 Å². The second-order valence-corrected chi connectivity index (χ2v) is 10.5. The van der Waals surface area contributed by atoms with Crippen LogP contribution in [0.25, 0.3) is 11.2 Å². The molecule has 0 aliphatic heterocycles. The molecule has 18 heteroatoms. The van der Waals surface area contributed by atoms with Crippen LogP contribution in [-0.4, -0.2) is 88.3 Å². The summed E-state index contributed by atoms with van der Waals surface area (Å²) < 4.78 is 9.34. The van der Waals surface area contributed by atoms with Crippen molar-refractivity contribution in [3.05, 3.63) is 71.5 Å². The number of fused-ring (bicyclic) bond motifs is 1. The Balaban J connectivity index is 1.41. The minimum Gasteiger partial charge on any atom is -0.469 e. The van der Waals surface area contributed by atoms with Crippen molar-refractivity contribution < 1.29 is 38.7 Å². The van der Waals surface area contributed by atoms with Gasteiger partial charge in [0.15, 0.2) is 17.0 Å². The van der Waals surface area contributed by atoms with Crippen LogP contribution in [0.3, 0.4) is 0 Å². The molecule has 0 spiro atoms. The number of aromatic nitrogens is 4. The summed E-state index contributed by atoms with van der Waals surface area (Å²) >= 11 is 0. The molecule has 1 atom stereocenters. The fraction of sp³-hybridized carbons (Fsp3) is 0.267. The first-order valence-electron chi connectivity index (χ1n) is 14.5. The number of hydrogen-bond donors (Lipinski definition) is 6. The number of ether oxygens (including phenoxy) is 2. The minimum absolute atomic E-state index is 0.0190. The molecule has 7 N–H and O–H groups in total. The Morgan fingerprint density at radius 3 is 2.33 bits per heavy atom. The van der Waals surface area contributed by atoms with Gasteiger partial charge >= 0.3 is 25.1 Å². The van der Waals surface area contributed by atoms with E-state index in [2.05, 4.69) is 40.6 Å². The number of nitrogens with one attached hydrogen (secondary N) is 3. The quantitative estimate of drug-likeness (QED) is 0.0809. The Bertz CT molecular complexity index is 1780. The lowest BCUT2D eigenvalue weighted by molar-refractivity contribution is -0.144. The third-order valence-electron chi connectivity index (χ3n) is 7.06. The Morgan fingerprint density at radius 2 is 1.69 bits per heavy atom. The van der Waals surface area contributed by atoms with Gasteiger partial charge in [0, 0.05) is 31.3 Å². The van der Waals surface area contributed by atoms with Crippen molar-refractivity contribution in [1.29, 1.82) is 0 Å². The molecule has 4 aromatic rings. The number of methoxy groups -OCH3 is 2. The molecule has 0 aliphatic carbocycles. The van der Waals surface area contributed by atoms with E-state index in [1.54, 1.807) is 43.4 Å². The maximum absolute atomic E-state index is 12.8. The second kappa shape index (κ2) is 16.1. The zero-order valence-electron chi connectivity index (χ0n) is 26.3. The van der Waals surface area contributed by atoms with Crippen LogP contribution >= 0.6 is 0 Å². The van der Waals surface area contributed by atoms with Gasteiger partial charge in [-0.25, -0.2) is 19.6 Å². The molecule has 0 aliphatic rings. The van der Waals surface area contributed by atoms with E-state index >= 15 is 0 Å². The molecular formula is C30H34BN9O8. The Kier molecular flexibility index (Phi) is 11.7. The van der Waals surface area contributed by atoms with Crippen molar-refractivity contribution in [3.63, 3.8) is 0 Å². The fourth-order valence-corrected chi connectivity index (χ4v) is 4.46. The summed E-state index contributed by atoms with van der Waals surface area (Å²) in [7, 11) is 2.65. The first-order chi connectivity index (χ1) is 23.0. The molecule has 3 amide bonds. The highest BCUT2D eigenvalue weighted by molar-refractivity contribution is 6.58. The van der Waals surface area contributed by atoms with Gasteiger partial charge in [-0.1, -0.05) is 24.3 Å². The molecule has 4 rings (SSSR count). The van der Waals surface area contributed by atoms with Crippen LogP contribution in [0.15, 0.2) is 54.7 Å². The monoisotopic (exact) mass is 659 g/mol. The molecule has 0 radical (unpaired) electrons. The van der Waals surface area contributed by atoms with Crippen molar-refractivity contribution >= 4 is 65.1 Å². The number of rotatable bonds is 13. The number of carbonyl (C=O) groups is 4. The van der Waals surface area contributed by atoms with Crippen molar-refractivity contribution in [3.8, 4) is 0 Å². The molecule has 0 fully saturated rings. The van der Waals surface area contributed by atoms with Gasteiger partial charge in [0.2, 0.25) is 5.95 Å². The van der Waals surface area contributed by atoms with Gasteiger partial charge in [-0.05, 0) is 41.7 Å². The summed E-state index contributed by atoms with van der Waals surface area (Å²) in [6, 6.07) is 11.4. The van der Waals surface area contributed by atoms with Crippen LogP contribution in [0.4, 0.5) is 22.2 Å². The summed E-state index contributed by atoms with van der Waals surface area (Å²) in [5.74, 6) is -1.77. The lowest BCUT2D eigenvalue weighted by atomic mass is 9.80. The molecule has 250 valence electrons. The van der Waals surface area contributed by atoms with Crippen LogP contribution in [0.1, 0.15) is 34.5 Å². The third kappa shape index (κ3) is 9.33. The van der Waals surface area contributed by atoms with Gasteiger partial charge in [-0.2, -0.15) is 9.97 Å². The van der Waals surface area contributed by atoms with Crippen LogP contribution < -0.4 is 32.0 Å². The number of esters is 2. The van der Waals surface area contributed by atoms with Crippen LogP contribution in [0.5, 0.6) is 0 Å². The molecule has 0 saturated carbocycles. The summed E-state index contributed by atoms with van der Waals surface area (Å²) in [5.41, 5.74) is 8.81. The second-order valence-electron chi connectivity index (χ2n) is 10.5. The lowest BCUT2D eigenvalue weighted by Crippen LogP contribution is -2.41. The average Bonchev–Trinajstić information content (AvgIpc) is 3.08. The summed E-state index contributed by atoms with van der Waals surface area (Å²) in [4.78, 5) is 68.2. The topological polar surface area (TPSA) is 244 Å². The van der Waals surface area contributed by atoms with Gasteiger partial charge in [-0.15, -0.1) is 0 Å². The molecule has 2 heterocycles. The smallest absolute Gasteiger partial charge is 0.469 e. The molecule has 48 heavy (non-hydrogen) atoms. The fourth-order valence-electron chi connectivity index (χ4n) is 4.46. The summed E-state index contributed by atoms with van der Waals surface area (Å²) in [5, 5.41) is 26.4. The largest absolute Gasteiger partial charge is 0.488 e. The van der Waals surface area contributed by atoms with E-state index in [-0.39, 0.29) is 54.4 Å². The van der Waals surface area contributed by atoms with E-state index in [0.717, 1.165) is 11.3 Å². The maximum atomic E-state index is 12.8. The predicted molar refractivity (Wildman–Crippen MR) is 175 cm³/mol. The van der Waals surface area contributed by atoms with E-state index in [9.17, 15) is 29.2 Å². The molecular weight excluding hydrogens is 625 g/mol. The molecule has 2 aromatic carbocycles. The molecule has 0 bridgehead atoms. The van der Waals surface area contributed by atoms with E-state index < -0.39 is 37.0 Å². The number of hydrogen-bond acceptors (Lipinski definition) is 14. The van der Waals surface area contributed by atoms with E-state index in [1.807, 2.05) is 4.90 Å². The molecule has 2 aromatic heterocycles. The number of carbonyl (C=O) groups excluding carboxylic acids is 4. The Morgan fingerprint density at radius 1 is 0.979 bits per heavy atom. The van der Waals surface area contributed by atoms with Crippen LogP contribution in [0, 0.1) is 0 Å². The standard InChI is InChI=1S/C30H34BN9O8/c1-40(21-10-6-18(7-11-21)27(42)36-22(28(43)48-3)12-13-23(41)47-2)16-20-15-33-25-24(35-20)26(38-29(32)37-25)39-30(44)34-14-17-4-8-19(9-5-17)31(45)46/h4-11,15,22,45-46H,12-14,16H2,1-3H3,(H,36,42)(H4,32,33,34,37,38,39,44). The molecule has 17 nitrogen and oxygen atoms in total. The SMILES string of the molecule is COC(=O)CCC(NC(=O)c1ccc(N(C)Cc2cnc3nc(N)nc(NC(=O)NCc4ccc(B(O)O)cc4)c3n2)cc1)C(=O)OC. The predicted octanol–water partition coefficient (Wildman–Crippen LogP) is -0.135. The van der Waals surface area contributed by atoms with Crippen LogP contribution in [0.2, 0.25) is 0 Å². The summed E-state index contributed by atoms with van der Waals surface area (Å²) in [6.45, 7) is 0.427. The number of nitrogens with zero attached hydrogens (tertiary/aromatic N) is 5. The summed E-state index contributed by atoms with van der Waals surface area (Å²) in [6.07, 6.45) is 1.47. The minimum atomic E-state index is -1.59. The Labute approximate surface area is 275 Å². The number of benzene rings is 2. The number of anilines is 3. The first-order valence-corrected chi connectivity index (χ1v) is 14.5. The Hall–Kier alpha value is -5.88. The van der Waals surface area contributed by atoms with E-state index in [1.165, 1.54) is 32.5 Å². The van der Waals surface area contributed by atoms with Gasteiger partial charge in [-0.3, -0.25) is 14.9 Å². The highest BCUT2D eigenvalue weighted by atomic mass is 16.5. The average molecular weight is 659 g/mol. The van der Waals surface area contributed by atoms with Gasteiger partial charge in [0.05, 0.1) is 32.7 Å². The third-order valence-corrected chi connectivity index (χ3v) is 7.06. The van der Waals surface area contributed by atoms with Gasteiger partial charge in [0.25, 0.3) is 5.91 Å². The zero-order chi connectivity index (χ0) is 34.8. The van der Waals surface area contributed by atoms with Crippen molar-refractivity contribution in [2.75, 3.05) is 37.2 Å². The van der Waals surface area contributed by atoms with Crippen LogP contribution in [-0.2, 0) is 32.2 Å². The molecule has 1 unspecified atom stereocenters. The normalized spacial score (nSPS) is 11.3. The van der Waals surface area contributed by atoms with Crippen molar-refractivity contribution in [2.24, 2.45) is 0 Å². The van der Waals surface area contributed by atoms with Gasteiger partial charge < -0.3 is 40.8 Å². The van der Waals surface area contributed by atoms with E-state index in [4.69, 9.17) is 10.5 Å². The number of urea groups is 1. The zero-order valence-corrected chi connectivity index (χ0v) is 26.3. The van der Waals surface area contributed by atoms with Crippen molar-refractivity contribution in [2.45, 2.75) is 32.0 Å². The molecule has 0 saturated heterocycles. The number of amides is 3. The number of nitrogen functional groups attached to an aromatic ring is 1. The highest BCUT2D eigenvalue weighted by Crippen LogP contribution is 2.20. The van der Waals surface area contributed by atoms with E-state index in [0.29, 0.717) is 11.2 Å².